The van der Waals surface area contributed by atoms with Crippen molar-refractivity contribution in [1.82, 2.24) is 4.90 Å². The number of ether oxygens (including phenoxy) is 1. The standard InChI is InChI=1S/C14H21NO4/c1-3-9-19-12-6-4-5-11(10-12)13(14(17)18)15(2)7-8-16/h4-6,10,13,16H,3,7-9H2,1-2H3,(H,17,18). The number of nitrogens with zero attached hydrogens (tertiary/aromatic N) is 1. The van der Waals surface area contributed by atoms with Gasteiger partial charge >= 0.3 is 5.97 Å². The fourth-order valence-electron chi connectivity index (χ4n) is 1.87. The van der Waals surface area contributed by atoms with Gasteiger partial charge in [-0.1, -0.05) is 19.1 Å². The Hall–Kier alpha value is -1.59. The van der Waals surface area contributed by atoms with Gasteiger partial charge in [-0.3, -0.25) is 9.69 Å². The number of aliphatic hydroxyl groups excluding tert-OH is 1. The van der Waals surface area contributed by atoms with Crippen molar-refractivity contribution < 1.29 is 19.7 Å². The van der Waals surface area contributed by atoms with Gasteiger partial charge in [-0.25, -0.2) is 0 Å². The maximum Gasteiger partial charge on any atom is 0.325 e. The number of aliphatic carboxylic acids is 1. The van der Waals surface area contributed by atoms with Crippen LogP contribution in [0, 0.1) is 0 Å². The lowest BCUT2D eigenvalue weighted by molar-refractivity contribution is -0.143. The van der Waals surface area contributed by atoms with Gasteiger partial charge < -0.3 is 14.9 Å². The van der Waals surface area contributed by atoms with E-state index in [-0.39, 0.29) is 6.61 Å². The summed E-state index contributed by atoms with van der Waals surface area (Å²) in [5.74, 6) is -0.272. The molecule has 0 fully saturated rings. The zero-order valence-electron chi connectivity index (χ0n) is 11.4. The number of likely N-dealkylation sites (N-methyl/N-ethyl adjacent to an activating group) is 1. The largest absolute Gasteiger partial charge is 0.494 e. The molecule has 0 spiro atoms. The van der Waals surface area contributed by atoms with Crippen molar-refractivity contribution >= 4 is 5.97 Å². The van der Waals surface area contributed by atoms with Crippen molar-refractivity contribution in [3.63, 3.8) is 0 Å². The summed E-state index contributed by atoms with van der Waals surface area (Å²) in [5, 5.41) is 18.3. The number of carbonyl (C=O) groups is 1. The van der Waals surface area contributed by atoms with E-state index in [0.717, 1.165) is 6.42 Å². The quantitative estimate of drug-likeness (QED) is 0.747. The van der Waals surface area contributed by atoms with E-state index in [4.69, 9.17) is 9.84 Å². The molecule has 0 aromatic heterocycles. The molecule has 0 radical (unpaired) electrons. The number of rotatable bonds is 8. The predicted molar refractivity (Wildman–Crippen MR) is 72.3 cm³/mol. The summed E-state index contributed by atoms with van der Waals surface area (Å²) < 4.78 is 5.50. The van der Waals surface area contributed by atoms with Crippen molar-refractivity contribution in [2.45, 2.75) is 19.4 Å². The molecular formula is C14H21NO4. The molecule has 0 aliphatic carbocycles. The molecule has 5 nitrogen and oxygen atoms in total. The first kappa shape index (κ1) is 15.5. The summed E-state index contributed by atoms with van der Waals surface area (Å²) in [6, 6.07) is 6.30. The number of benzene rings is 1. The lowest BCUT2D eigenvalue weighted by Gasteiger charge is -2.24. The lowest BCUT2D eigenvalue weighted by Crippen LogP contribution is -2.32. The van der Waals surface area contributed by atoms with Crippen LogP contribution in [0.5, 0.6) is 5.75 Å². The van der Waals surface area contributed by atoms with E-state index in [1.807, 2.05) is 13.0 Å². The van der Waals surface area contributed by atoms with Crippen LogP contribution in [-0.2, 0) is 4.79 Å². The first-order valence-electron chi connectivity index (χ1n) is 6.36. The minimum absolute atomic E-state index is 0.0771. The summed E-state index contributed by atoms with van der Waals surface area (Å²) in [7, 11) is 1.68. The van der Waals surface area contributed by atoms with E-state index in [2.05, 4.69) is 0 Å². The van der Waals surface area contributed by atoms with Gasteiger partial charge in [-0.15, -0.1) is 0 Å². The Bertz CT molecular complexity index is 408. The van der Waals surface area contributed by atoms with Gasteiger partial charge in [-0.2, -0.15) is 0 Å². The van der Waals surface area contributed by atoms with Crippen LogP contribution >= 0.6 is 0 Å². The maximum absolute atomic E-state index is 11.4. The molecule has 0 aliphatic heterocycles. The average molecular weight is 267 g/mol. The third kappa shape index (κ3) is 4.54. The number of aliphatic hydroxyl groups is 1. The molecule has 0 amide bonds. The molecule has 106 valence electrons. The Kier molecular flexibility index (Phi) is 6.32. The Morgan fingerprint density at radius 1 is 1.47 bits per heavy atom. The average Bonchev–Trinajstić information content (AvgIpc) is 2.37. The van der Waals surface area contributed by atoms with Crippen molar-refractivity contribution in [3.8, 4) is 5.75 Å². The van der Waals surface area contributed by atoms with Crippen molar-refractivity contribution in [1.29, 1.82) is 0 Å². The molecule has 1 aromatic rings. The van der Waals surface area contributed by atoms with E-state index in [1.54, 1.807) is 30.1 Å². The zero-order chi connectivity index (χ0) is 14.3. The summed E-state index contributed by atoms with van der Waals surface area (Å²) in [4.78, 5) is 13.0. The second kappa shape index (κ2) is 7.76. The van der Waals surface area contributed by atoms with Gasteiger partial charge in [0.15, 0.2) is 0 Å². The van der Waals surface area contributed by atoms with Gasteiger partial charge in [0, 0.05) is 6.54 Å². The highest BCUT2D eigenvalue weighted by atomic mass is 16.5. The number of hydrogen-bond acceptors (Lipinski definition) is 4. The second-order valence-electron chi connectivity index (χ2n) is 4.37. The maximum atomic E-state index is 11.4. The van der Waals surface area contributed by atoms with Crippen LogP contribution in [0.4, 0.5) is 0 Å². The third-order valence-electron chi connectivity index (χ3n) is 2.77. The molecule has 1 aromatic carbocycles. The topological polar surface area (TPSA) is 70.0 Å². The van der Waals surface area contributed by atoms with E-state index < -0.39 is 12.0 Å². The summed E-state index contributed by atoms with van der Waals surface area (Å²) in [6.07, 6.45) is 0.900. The van der Waals surface area contributed by atoms with Crippen molar-refractivity contribution in [2.24, 2.45) is 0 Å². The Balaban J connectivity index is 2.92. The van der Waals surface area contributed by atoms with Crippen LogP contribution in [0.25, 0.3) is 0 Å². The van der Waals surface area contributed by atoms with E-state index in [9.17, 15) is 9.90 Å². The van der Waals surface area contributed by atoms with Crippen molar-refractivity contribution in [2.75, 3.05) is 26.8 Å². The van der Waals surface area contributed by atoms with Crippen LogP contribution in [0.3, 0.4) is 0 Å². The van der Waals surface area contributed by atoms with E-state index in [0.29, 0.717) is 24.5 Å². The van der Waals surface area contributed by atoms with E-state index >= 15 is 0 Å². The first-order valence-corrected chi connectivity index (χ1v) is 6.36. The van der Waals surface area contributed by atoms with E-state index in [1.165, 1.54) is 0 Å². The first-order chi connectivity index (χ1) is 9.10. The highest BCUT2D eigenvalue weighted by Gasteiger charge is 2.24. The predicted octanol–water partition coefficient (Wildman–Crippen LogP) is 1.53. The van der Waals surface area contributed by atoms with Crippen LogP contribution in [0.1, 0.15) is 24.9 Å². The molecule has 0 aliphatic rings. The Labute approximate surface area is 113 Å². The molecule has 0 saturated carbocycles. The molecule has 1 rings (SSSR count). The highest BCUT2D eigenvalue weighted by molar-refractivity contribution is 5.75. The summed E-state index contributed by atoms with van der Waals surface area (Å²) >= 11 is 0. The minimum Gasteiger partial charge on any atom is -0.494 e. The van der Waals surface area contributed by atoms with Gasteiger partial charge in [0.2, 0.25) is 0 Å². The van der Waals surface area contributed by atoms with Gasteiger partial charge in [0.1, 0.15) is 11.8 Å². The van der Waals surface area contributed by atoms with Gasteiger partial charge in [-0.05, 0) is 31.2 Å². The molecule has 0 heterocycles. The SMILES string of the molecule is CCCOc1cccc(C(C(=O)O)N(C)CCO)c1. The van der Waals surface area contributed by atoms with Crippen LogP contribution in [0.15, 0.2) is 24.3 Å². The Morgan fingerprint density at radius 3 is 2.79 bits per heavy atom. The van der Waals surface area contributed by atoms with Gasteiger partial charge in [0.05, 0.1) is 13.2 Å². The van der Waals surface area contributed by atoms with Crippen LogP contribution in [0.2, 0.25) is 0 Å². The molecule has 2 N–H and O–H groups in total. The second-order valence-corrected chi connectivity index (χ2v) is 4.37. The molecule has 1 unspecified atom stereocenters. The molecule has 5 heteroatoms. The minimum atomic E-state index is -0.941. The number of carboxylic acid groups (broad SMARTS) is 1. The number of hydrogen-bond donors (Lipinski definition) is 2. The molecule has 1 atom stereocenters. The van der Waals surface area contributed by atoms with Crippen LogP contribution < -0.4 is 4.74 Å². The number of carboxylic acids is 1. The fraction of sp³-hybridized carbons (Fsp3) is 0.500. The Morgan fingerprint density at radius 2 is 2.21 bits per heavy atom. The third-order valence-corrected chi connectivity index (χ3v) is 2.77. The highest BCUT2D eigenvalue weighted by Crippen LogP contribution is 2.23. The smallest absolute Gasteiger partial charge is 0.325 e. The molecule has 19 heavy (non-hydrogen) atoms. The summed E-state index contributed by atoms with van der Waals surface area (Å²) in [6.45, 7) is 2.84. The normalized spacial score (nSPS) is 12.4. The fourth-order valence-corrected chi connectivity index (χ4v) is 1.87. The van der Waals surface area contributed by atoms with Crippen LogP contribution in [-0.4, -0.2) is 47.9 Å². The molecular weight excluding hydrogens is 246 g/mol. The molecule has 0 saturated heterocycles. The zero-order valence-corrected chi connectivity index (χ0v) is 11.4. The van der Waals surface area contributed by atoms with Crippen molar-refractivity contribution in [3.05, 3.63) is 29.8 Å². The monoisotopic (exact) mass is 267 g/mol. The van der Waals surface area contributed by atoms with Gasteiger partial charge in [0.25, 0.3) is 0 Å². The lowest BCUT2D eigenvalue weighted by atomic mass is 10.1. The molecule has 0 bridgehead atoms. The summed E-state index contributed by atoms with van der Waals surface area (Å²) in [5.41, 5.74) is 0.650.